The van der Waals surface area contributed by atoms with Crippen LogP contribution >= 0.6 is 35.3 Å². The van der Waals surface area contributed by atoms with Crippen molar-refractivity contribution in [3.8, 4) is 0 Å². The van der Waals surface area contributed by atoms with Gasteiger partial charge in [-0.05, 0) is 33.9 Å². The third-order valence-corrected chi connectivity index (χ3v) is 4.95. The summed E-state index contributed by atoms with van der Waals surface area (Å²) in [6.45, 7) is 4.55. The first-order chi connectivity index (χ1) is 12.7. The first kappa shape index (κ1) is 21.4. The highest BCUT2D eigenvalue weighted by molar-refractivity contribution is 14.0. The predicted octanol–water partition coefficient (Wildman–Crippen LogP) is 4.08. The monoisotopic (exact) mass is 495 g/mol. The molecular weight excluding hydrogens is 469 g/mol. The van der Waals surface area contributed by atoms with Crippen LogP contribution in [0.2, 0.25) is 0 Å². The summed E-state index contributed by atoms with van der Waals surface area (Å²) in [4.78, 5) is 4.30. The smallest absolute Gasteiger partial charge is 0.191 e. The van der Waals surface area contributed by atoms with E-state index < -0.39 is 0 Å². The molecular formula is C20H26IN5S. The zero-order valence-electron chi connectivity index (χ0n) is 15.6. The molecule has 5 nitrogen and oxygen atoms in total. The maximum absolute atomic E-state index is 4.44. The second-order valence-corrected chi connectivity index (χ2v) is 7.08. The summed E-state index contributed by atoms with van der Waals surface area (Å²) < 4.78 is 1.96. The molecule has 2 heterocycles. The number of aromatic nitrogens is 2. The molecule has 0 saturated heterocycles. The van der Waals surface area contributed by atoms with E-state index in [0.29, 0.717) is 12.5 Å². The van der Waals surface area contributed by atoms with E-state index in [1.807, 2.05) is 29.1 Å². The molecule has 2 aromatic heterocycles. The van der Waals surface area contributed by atoms with Gasteiger partial charge < -0.3 is 10.6 Å². The number of nitrogens with one attached hydrogen (secondary N) is 2. The zero-order chi connectivity index (χ0) is 18.2. The fourth-order valence-electron chi connectivity index (χ4n) is 2.68. The van der Waals surface area contributed by atoms with Crippen LogP contribution in [0.4, 0.5) is 0 Å². The number of nitrogens with zero attached hydrogens (tertiary/aromatic N) is 3. The Morgan fingerprint density at radius 3 is 2.70 bits per heavy atom. The lowest BCUT2D eigenvalue weighted by molar-refractivity contribution is 0.684. The molecule has 0 radical (unpaired) electrons. The van der Waals surface area contributed by atoms with Gasteiger partial charge >= 0.3 is 0 Å². The summed E-state index contributed by atoms with van der Waals surface area (Å²) in [6, 6.07) is 12.5. The average Bonchev–Trinajstić information content (AvgIpc) is 3.35. The van der Waals surface area contributed by atoms with Gasteiger partial charge in [-0.25, -0.2) is 0 Å². The Kier molecular flexibility index (Phi) is 8.80. The van der Waals surface area contributed by atoms with Crippen molar-refractivity contribution in [2.45, 2.75) is 25.9 Å². The Hall–Kier alpha value is -1.87. The predicted molar refractivity (Wildman–Crippen MR) is 124 cm³/mol. The van der Waals surface area contributed by atoms with Crippen molar-refractivity contribution >= 4 is 41.3 Å². The van der Waals surface area contributed by atoms with Crippen molar-refractivity contribution in [2.75, 3.05) is 13.6 Å². The van der Waals surface area contributed by atoms with Crippen molar-refractivity contribution in [3.05, 3.63) is 76.2 Å². The van der Waals surface area contributed by atoms with Crippen LogP contribution < -0.4 is 10.6 Å². The van der Waals surface area contributed by atoms with Gasteiger partial charge in [-0.3, -0.25) is 9.67 Å². The van der Waals surface area contributed by atoms with Gasteiger partial charge in [0.05, 0.1) is 12.7 Å². The summed E-state index contributed by atoms with van der Waals surface area (Å²) >= 11 is 1.74. The van der Waals surface area contributed by atoms with Gasteiger partial charge in [0.2, 0.25) is 0 Å². The molecule has 0 aliphatic heterocycles. The lowest BCUT2D eigenvalue weighted by Gasteiger charge is -2.15. The maximum Gasteiger partial charge on any atom is 0.191 e. The molecule has 0 spiro atoms. The number of hydrogen-bond donors (Lipinski definition) is 2. The Labute approximate surface area is 181 Å². The van der Waals surface area contributed by atoms with Crippen LogP contribution in [0.5, 0.6) is 0 Å². The van der Waals surface area contributed by atoms with Gasteiger partial charge in [0.1, 0.15) is 0 Å². The molecule has 1 unspecified atom stereocenters. The molecule has 7 heteroatoms. The van der Waals surface area contributed by atoms with Crippen molar-refractivity contribution in [2.24, 2.45) is 4.99 Å². The number of halogens is 1. The minimum Gasteiger partial charge on any atom is -0.356 e. The van der Waals surface area contributed by atoms with Gasteiger partial charge in [-0.15, -0.1) is 24.0 Å². The lowest BCUT2D eigenvalue weighted by Crippen LogP contribution is -2.38. The lowest BCUT2D eigenvalue weighted by atomic mass is 10.1. The van der Waals surface area contributed by atoms with Crippen LogP contribution in [0.1, 0.15) is 29.5 Å². The van der Waals surface area contributed by atoms with Gasteiger partial charge in [0.25, 0.3) is 0 Å². The normalized spacial score (nSPS) is 12.3. The van der Waals surface area contributed by atoms with E-state index in [9.17, 15) is 0 Å². The van der Waals surface area contributed by atoms with Gasteiger partial charge in [-0.1, -0.05) is 37.3 Å². The minimum absolute atomic E-state index is 0. The molecule has 1 aromatic carbocycles. The second kappa shape index (κ2) is 11.1. The fourth-order valence-corrected chi connectivity index (χ4v) is 3.47. The summed E-state index contributed by atoms with van der Waals surface area (Å²) in [6.07, 6.45) is 3.97. The second-order valence-electron chi connectivity index (χ2n) is 6.30. The zero-order valence-corrected chi connectivity index (χ0v) is 18.8. The highest BCUT2D eigenvalue weighted by Gasteiger charge is 2.07. The molecule has 27 heavy (non-hydrogen) atoms. The van der Waals surface area contributed by atoms with Crippen LogP contribution in [-0.2, 0) is 13.1 Å². The Morgan fingerprint density at radius 2 is 2.00 bits per heavy atom. The fraction of sp³-hybridized carbons (Fsp3) is 0.300. The largest absolute Gasteiger partial charge is 0.356 e. The number of rotatable bonds is 7. The van der Waals surface area contributed by atoms with Crippen molar-refractivity contribution in [1.82, 2.24) is 20.4 Å². The van der Waals surface area contributed by atoms with Crippen molar-refractivity contribution in [3.63, 3.8) is 0 Å². The third-order valence-electron chi connectivity index (χ3n) is 4.25. The number of hydrogen-bond acceptors (Lipinski definition) is 3. The molecule has 3 rings (SSSR count). The molecule has 0 bridgehead atoms. The van der Waals surface area contributed by atoms with E-state index in [-0.39, 0.29) is 24.0 Å². The Balaban J connectivity index is 0.00000261. The molecule has 1 atom stereocenters. The molecule has 0 amide bonds. The topological polar surface area (TPSA) is 54.2 Å². The first-order valence-corrected chi connectivity index (χ1v) is 9.70. The Bertz CT molecular complexity index is 814. The van der Waals surface area contributed by atoms with E-state index in [4.69, 9.17) is 0 Å². The minimum atomic E-state index is 0. The van der Waals surface area contributed by atoms with E-state index in [1.165, 1.54) is 11.1 Å². The summed E-state index contributed by atoms with van der Waals surface area (Å²) in [5.41, 5.74) is 3.74. The molecule has 3 aromatic rings. The number of aliphatic imine (C=N–C) groups is 1. The van der Waals surface area contributed by atoms with Crippen LogP contribution in [0.3, 0.4) is 0 Å². The van der Waals surface area contributed by atoms with Gasteiger partial charge in [0, 0.05) is 31.9 Å². The SMILES string of the molecule is CN=C(NCc1cnn(Cc2ccccc2)c1)NCC(C)c1ccsc1.I. The number of benzene rings is 1. The van der Waals surface area contributed by atoms with E-state index in [2.05, 4.69) is 62.8 Å². The van der Waals surface area contributed by atoms with Crippen LogP contribution in [0, 0.1) is 0 Å². The average molecular weight is 495 g/mol. The first-order valence-electron chi connectivity index (χ1n) is 8.76. The van der Waals surface area contributed by atoms with Crippen molar-refractivity contribution in [1.29, 1.82) is 0 Å². The molecule has 144 valence electrons. The van der Waals surface area contributed by atoms with E-state index in [1.54, 1.807) is 18.4 Å². The molecule has 0 aliphatic rings. The molecule has 0 saturated carbocycles. The third kappa shape index (κ3) is 6.66. The standard InChI is InChI=1S/C20H25N5S.HI/c1-16(19-8-9-26-15-19)10-22-20(21-2)23-11-18-12-24-25(14-18)13-17-6-4-3-5-7-17;/h3-9,12,14-16H,10-11,13H2,1-2H3,(H2,21,22,23);1H. The van der Waals surface area contributed by atoms with Crippen molar-refractivity contribution < 1.29 is 0 Å². The number of guanidine groups is 1. The Morgan fingerprint density at radius 1 is 1.19 bits per heavy atom. The van der Waals surface area contributed by atoms with Crippen LogP contribution in [-0.4, -0.2) is 29.3 Å². The van der Waals surface area contributed by atoms with Crippen LogP contribution in [0.25, 0.3) is 0 Å². The van der Waals surface area contributed by atoms with E-state index in [0.717, 1.165) is 24.6 Å². The molecule has 2 N–H and O–H groups in total. The summed E-state index contributed by atoms with van der Waals surface area (Å²) in [5, 5.41) is 15.5. The molecule has 0 fully saturated rings. The maximum atomic E-state index is 4.44. The van der Waals surface area contributed by atoms with Gasteiger partial charge in [-0.2, -0.15) is 16.4 Å². The van der Waals surface area contributed by atoms with E-state index >= 15 is 0 Å². The number of thiophene rings is 1. The quantitative estimate of drug-likeness (QED) is 0.295. The highest BCUT2D eigenvalue weighted by atomic mass is 127. The summed E-state index contributed by atoms with van der Waals surface area (Å²) in [7, 11) is 1.80. The highest BCUT2D eigenvalue weighted by Crippen LogP contribution is 2.16. The summed E-state index contributed by atoms with van der Waals surface area (Å²) in [5.74, 6) is 1.26. The van der Waals surface area contributed by atoms with Crippen LogP contribution in [0.15, 0.2) is 64.5 Å². The van der Waals surface area contributed by atoms with Gasteiger partial charge in [0.15, 0.2) is 5.96 Å². The molecule has 0 aliphatic carbocycles.